The molecule has 112 valence electrons. The Bertz CT molecular complexity index is 213. The molecule has 0 radical (unpaired) electrons. The largest absolute Gasteiger partial charge is 0.382 e. The van der Waals surface area contributed by atoms with Crippen LogP contribution >= 0.6 is 0 Å². The zero-order valence-electron chi connectivity index (χ0n) is 12.8. The van der Waals surface area contributed by atoms with Crippen LogP contribution in [0.2, 0.25) is 0 Å². The second kappa shape index (κ2) is 10.4. The molecule has 1 saturated carbocycles. The summed E-state index contributed by atoms with van der Waals surface area (Å²) >= 11 is 0. The van der Waals surface area contributed by atoms with Crippen molar-refractivity contribution in [2.45, 2.75) is 76.2 Å². The van der Waals surface area contributed by atoms with E-state index in [1.54, 1.807) is 7.11 Å². The maximum Gasteiger partial charge on any atom is 0.0861 e. The molecule has 0 atom stereocenters. The van der Waals surface area contributed by atoms with E-state index in [-0.39, 0.29) is 5.60 Å². The molecular weight excluding hydrogens is 236 g/mol. The highest BCUT2D eigenvalue weighted by molar-refractivity contribution is 4.97. The maximum atomic E-state index is 6.12. The van der Waals surface area contributed by atoms with Crippen molar-refractivity contribution in [3.63, 3.8) is 0 Å². The molecule has 0 spiro atoms. The molecule has 0 saturated heterocycles. The Balaban J connectivity index is 2.47. The third-order valence-corrected chi connectivity index (χ3v) is 4.25. The van der Waals surface area contributed by atoms with E-state index < -0.39 is 0 Å². The molecular formula is C17H32O2. The normalized spacial score (nSPS) is 22.2. The van der Waals surface area contributed by atoms with E-state index in [0.717, 1.165) is 12.8 Å². The Morgan fingerprint density at radius 3 is 1.74 bits per heavy atom. The molecule has 0 aliphatic heterocycles. The molecule has 0 aromatic rings. The van der Waals surface area contributed by atoms with Gasteiger partial charge in [0, 0.05) is 7.11 Å². The molecule has 0 bridgehead atoms. The van der Waals surface area contributed by atoms with Crippen LogP contribution in [-0.4, -0.2) is 25.9 Å². The van der Waals surface area contributed by atoms with Crippen molar-refractivity contribution in [2.75, 3.05) is 20.3 Å². The SMILES string of the molecule is C=CC1(OCCOC)CCCCCCCCCCC1. The van der Waals surface area contributed by atoms with Crippen LogP contribution in [0.5, 0.6) is 0 Å². The summed E-state index contributed by atoms with van der Waals surface area (Å²) < 4.78 is 11.2. The average molecular weight is 268 g/mol. The number of hydrogen-bond donors (Lipinski definition) is 0. The highest BCUT2D eigenvalue weighted by atomic mass is 16.5. The second-order valence-electron chi connectivity index (χ2n) is 5.79. The highest BCUT2D eigenvalue weighted by Crippen LogP contribution is 2.29. The monoisotopic (exact) mass is 268 g/mol. The first kappa shape index (κ1) is 16.7. The van der Waals surface area contributed by atoms with Crippen molar-refractivity contribution in [3.8, 4) is 0 Å². The van der Waals surface area contributed by atoms with Gasteiger partial charge >= 0.3 is 0 Å². The minimum atomic E-state index is -0.0995. The van der Waals surface area contributed by atoms with E-state index in [2.05, 4.69) is 12.7 Å². The molecule has 1 rings (SSSR count). The van der Waals surface area contributed by atoms with Crippen LogP contribution in [-0.2, 0) is 9.47 Å². The van der Waals surface area contributed by atoms with Crippen molar-refractivity contribution in [2.24, 2.45) is 0 Å². The van der Waals surface area contributed by atoms with E-state index in [1.165, 1.54) is 57.8 Å². The maximum absolute atomic E-state index is 6.12. The highest BCUT2D eigenvalue weighted by Gasteiger charge is 2.26. The number of ether oxygens (including phenoxy) is 2. The van der Waals surface area contributed by atoms with E-state index in [9.17, 15) is 0 Å². The molecule has 2 nitrogen and oxygen atoms in total. The first-order valence-corrected chi connectivity index (χ1v) is 8.09. The van der Waals surface area contributed by atoms with Crippen LogP contribution in [0.15, 0.2) is 12.7 Å². The molecule has 2 heteroatoms. The molecule has 1 aliphatic rings. The number of methoxy groups -OCH3 is 1. The van der Waals surface area contributed by atoms with Crippen LogP contribution in [0, 0.1) is 0 Å². The van der Waals surface area contributed by atoms with Crippen LogP contribution in [0.3, 0.4) is 0 Å². The van der Waals surface area contributed by atoms with Crippen LogP contribution in [0.1, 0.15) is 70.6 Å². The predicted octanol–water partition coefficient (Wildman–Crippen LogP) is 4.88. The standard InChI is InChI=1S/C17H32O2/c1-3-17(19-16-15-18-2)13-11-9-7-5-4-6-8-10-12-14-17/h3H,1,4-16H2,2H3. The summed E-state index contributed by atoms with van der Waals surface area (Å²) in [5.74, 6) is 0. The van der Waals surface area contributed by atoms with Gasteiger partial charge in [-0.3, -0.25) is 0 Å². The van der Waals surface area contributed by atoms with Crippen molar-refractivity contribution >= 4 is 0 Å². The van der Waals surface area contributed by atoms with E-state index in [0.29, 0.717) is 13.2 Å². The van der Waals surface area contributed by atoms with Gasteiger partial charge in [-0.25, -0.2) is 0 Å². The number of rotatable bonds is 5. The molecule has 19 heavy (non-hydrogen) atoms. The predicted molar refractivity (Wildman–Crippen MR) is 81.5 cm³/mol. The Morgan fingerprint density at radius 1 is 0.842 bits per heavy atom. The summed E-state index contributed by atoms with van der Waals surface area (Å²) in [5.41, 5.74) is -0.0995. The van der Waals surface area contributed by atoms with Gasteiger partial charge in [0.25, 0.3) is 0 Å². The van der Waals surface area contributed by atoms with Gasteiger partial charge in [0.15, 0.2) is 0 Å². The fourth-order valence-electron chi connectivity index (χ4n) is 2.95. The van der Waals surface area contributed by atoms with Crippen molar-refractivity contribution < 1.29 is 9.47 Å². The fraction of sp³-hybridized carbons (Fsp3) is 0.882. The summed E-state index contributed by atoms with van der Waals surface area (Å²) in [5, 5.41) is 0. The lowest BCUT2D eigenvalue weighted by atomic mass is 9.88. The van der Waals surface area contributed by atoms with Gasteiger partial charge in [0.2, 0.25) is 0 Å². The molecule has 0 N–H and O–H groups in total. The van der Waals surface area contributed by atoms with Crippen LogP contribution in [0.4, 0.5) is 0 Å². The molecule has 0 aromatic carbocycles. The summed E-state index contributed by atoms with van der Waals surface area (Å²) in [7, 11) is 1.73. The second-order valence-corrected chi connectivity index (χ2v) is 5.79. The molecule has 0 unspecified atom stereocenters. The Hall–Kier alpha value is -0.340. The van der Waals surface area contributed by atoms with Crippen molar-refractivity contribution in [1.29, 1.82) is 0 Å². The Labute approximate surface area is 119 Å². The zero-order valence-corrected chi connectivity index (χ0v) is 12.8. The Kier molecular flexibility index (Phi) is 9.19. The van der Waals surface area contributed by atoms with Crippen molar-refractivity contribution in [1.82, 2.24) is 0 Å². The van der Waals surface area contributed by atoms with Gasteiger partial charge in [0.1, 0.15) is 0 Å². The van der Waals surface area contributed by atoms with Gasteiger partial charge < -0.3 is 9.47 Å². The molecule has 0 amide bonds. The van der Waals surface area contributed by atoms with Crippen LogP contribution < -0.4 is 0 Å². The molecule has 0 aromatic heterocycles. The fourth-order valence-corrected chi connectivity index (χ4v) is 2.95. The van der Waals surface area contributed by atoms with E-state index in [1.807, 2.05) is 0 Å². The minimum absolute atomic E-state index is 0.0995. The van der Waals surface area contributed by atoms with Gasteiger partial charge in [-0.05, 0) is 12.8 Å². The lowest BCUT2D eigenvalue weighted by Gasteiger charge is -2.31. The van der Waals surface area contributed by atoms with Gasteiger partial charge in [-0.1, -0.05) is 63.9 Å². The first-order valence-electron chi connectivity index (χ1n) is 8.09. The topological polar surface area (TPSA) is 18.5 Å². The quantitative estimate of drug-likeness (QED) is 0.522. The van der Waals surface area contributed by atoms with Crippen molar-refractivity contribution in [3.05, 3.63) is 12.7 Å². The zero-order chi connectivity index (χ0) is 13.8. The third-order valence-electron chi connectivity index (χ3n) is 4.25. The third kappa shape index (κ3) is 7.12. The van der Waals surface area contributed by atoms with Gasteiger partial charge in [0.05, 0.1) is 18.8 Å². The van der Waals surface area contributed by atoms with E-state index >= 15 is 0 Å². The summed E-state index contributed by atoms with van der Waals surface area (Å²) in [6, 6.07) is 0. The first-order chi connectivity index (χ1) is 9.33. The molecule has 0 heterocycles. The lowest BCUT2D eigenvalue weighted by molar-refractivity contribution is -0.0438. The summed E-state index contributed by atoms with van der Waals surface area (Å²) in [6.07, 6.45) is 16.5. The molecule has 1 aliphatic carbocycles. The van der Waals surface area contributed by atoms with Gasteiger partial charge in [-0.2, -0.15) is 0 Å². The van der Waals surface area contributed by atoms with E-state index in [4.69, 9.17) is 9.47 Å². The lowest BCUT2D eigenvalue weighted by Crippen LogP contribution is -2.31. The number of hydrogen-bond acceptors (Lipinski definition) is 2. The molecule has 1 fully saturated rings. The van der Waals surface area contributed by atoms with Gasteiger partial charge in [-0.15, -0.1) is 6.58 Å². The minimum Gasteiger partial charge on any atom is -0.382 e. The smallest absolute Gasteiger partial charge is 0.0861 e. The Morgan fingerprint density at radius 2 is 1.32 bits per heavy atom. The summed E-state index contributed by atoms with van der Waals surface area (Å²) in [6.45, 7) is 5.40. The van der Waals surface area contributed by atoms with Crippen LogP contribution in [0.25, 0.3) is 0 Å². The average Bonchev–Trinajstić information content (AvgIpc) is 2.42. The summed E-state index contributed by atoms with van der Waals surface area (Å²) in [4.78, 5) is 0.